The van der Waals surface area contributed by atoms with Crippen LogP contribution in [-0.4, -0.2) is 15.9 Å². The quantitative estimate of drug-likeness (QED) is 0.0771. The van der Waals surface area contributed by atoms with Crippen molar-refractivity contribution in [1.82, 2.24) is 4.98 Å². The molecule has 0 amide bonds. The molecule has 3 aromatic heterocycles. The fourth-order valence-electron chi connectivity index (χ4n) is 6.71. The number of thiophene rings is 2. The van der Waals surface area contributed by atoms with Crippen molar-refractivity contribution in [3.8, 4) is 31.5 Å². The minimum Gasteiger partial charge on any atom is -0.512 e. The number of fused-ring (bicyclic) bond motifs is 1. The summed E-state index contributed by atoms with van der Waals surface area (Å²) >= 11 is 3.81. The van der Waals surface area contributed by atoms with Gasteiger partial charge in [0, 0.05) is 69.2 Å². The predicted molar refractivity (Wildman–Crippen MR) is 219 cm³/mol. The number of pyridine rings is 1. The van der Waals surface area contributed by atoms with Gasteiger partial charge in [0.05, 0.1) is 5.76 Å². The minimum atomic E-state index is 0. The number of hydrogen-bond donors (Lipinski definition) is 1. The van der Waals surface area contributed by atoms with Gasteiger partial charge in [0.25, 0.3) is 0 Å². The Morgan fingerprint density at radius 3 is 1.96 bits per heavy atom. The van der Waals surface area contributed by atoms with Gasteiger partial charge in [0.2, 0.25) is 0 Å². The molecule has 0 spiro atoms. The van der Waals surface area contributed by atoms with E-state index in [9.17, 15) is 9.90 Å². The Hall–Kier alpha value is -2.89. The molecular weight excluding hydrogens is 843 g/mol. The molecule has 0 aliphatic heterocycles. The smallest absolute Gasteiger partial charge is 0.162 e. The molecule has 0 aliphatic rings. The third-order valence-corrected chi connectivity index (χ3v) is 12.8. The Morgan fingerprint density at radius 2 is 1.39 bits per heavy atom. The molecule has 0 saturated carbocycles. The van der Waals surface area contributed by atoms with Gasteiger partial charge in [-0.15, -0.1) is 57.6 Å². The van der Waals surface area contributed by atoms with E-state index in [1.54, 1.807) is 0 Å². The molecule has 0 aliphatic carbocycles. The van der Waals surface area contributed by atoms with E-state index in [1.165, 1.54) is 64.2 Å². The number of carbonyl (C=O) groups is 1. The summed E-state index contributed by atoms with van der Waals surface area (Å²) in [5.74, 6) is 1.22. The van der Waals surface area contributed by atoms with Gasteiger partial charge in [0.1, 0.15) is 0 Å². The molecule has 5 aromatic rings. The van der Waals surface area contributed by atoms with Crippen LogP contribution in [0.4, 0.5) is 0 Å². The van der Waals surface area contributed by atoms with Gasteiger partial charge in [-0.3, -0.25) is 4.79 Å². The molecular formula is C45H56IrNO2S2-. The number of aliphatic hydroxyl groups is 1. The van der Waals surface area contributed by atoms with Crippen molar-refractivity contribution in [3.63, 3.8) is 0 Å². The van der Waals surface area contributed by atoms with Gasteiger partial charge >= 0.3 is 0 Å². The van der Waals surface area contributed by atoms with Crippen molar-refractivity contribution in [2.75, 3.05) is 0 Å². The SMILES string of the molecule is CCC(CC)C(=O)/C=C(\O)C(CC)CC.Cc1[c-]c(-c2nccc3c(C)c(-c4sc(-c5ccc(CC(C)C)cc5)c(C)c4C)sc23)cc(C)c1.[Ir]. The first kappa shape index (κ1) is 42.5. The standard InChI is InChI=1S/C32H32NS2.C13H24O2.Ir/c1-18(2)14-24-8-10-25(11-9-24)29-21(5)22(6)30(34-29)31-23(7)27-12-13-33-28(32(27)35-31)26-16-19(3)15-20(4)17-26;1-5-10(6-2)12(14)9-13(15)11(7-3)8-4;/h8-13,15-16,18H,14H2,1-7H3;9-11,14H,5-8H2,1-4H3;/q-1;;/b;12-9-;. The zero-order chi connectivity index (χ0) is 36.7. The summed E-state index contributed by atoms with van der Waals surface area (Å²) in [5, 5.41) is 11.1. The largest absolute Gasteiger partial charge is 0.512 e. The van der Waals surface area contributed by atoms with E-state index in [0.29, 0.717) is 5.92 Å². The van der Waals surface area contributed by atoms with E-state index < -0.39 is 0 Å². The zero-order valence-electron chi connectivity index (χ0n) is 32.4. The van der Waals surface area contributed by atoms with Crippen molar-refractivity contribution in [2.45, 2.75) is 108 Å². The van der Waals surface area contributed by atoms with Gasteiger partial charge in [-0.25, -0.2) is 0 Å². The first-order valence-electron chi connectivity index (χ1n) is 18.4. The second kappa shape index (κ2) is 19.3. The number of hydrogen-bond acceptors (Lipinski definition) is 5. The van der Waals surface area contributed by atoms with Gasteiger partial charge < -0.3 is 10.1 Å². The number of carbonyl (C=O) groups excluding carboxylic acids is 1. The van der Waals surface area contributed by atoms with E-state index >= 15 is 0 Å². The van der Waals surface area contributed by atoms with Crippen LogP contribution >= 0.6 is 22.7 Å². The number of rotatable bonds is 12. The predicted octanol–water partition coefficient (Wildman–Crippen LogP) is 13.8. The van der Waals surface area contributed by atoms with Crippen molar-refractivity contribution in [3.05, 3.63) is 99.9 Å². The zero-order valence-corrected chi connectivity index (χ0v) is 36.4. The van der Waals surface area contributed by atoms with Crippen LogP contribution in [0.1, 0.15) is 101 Å². The monoisotopic (exact) mass is 899 g/mol. The third kappa shape index (κ3) is 10.2. The van der Waals surface area contributed by atoms with E-state index in [2.05, 4.69) is 97.0 Å². The molecule has 6 heteroatoms. The minimum absolute atomic E-state index is 0. The van der Waals surface area contributed by atoms with Crippen LogP contribution in [0.15, 0.2) is 60.5 Å². The normalized spacial score (nSPS) is 11.7. The Kier molecular flexibility index (Phi) is 16.1. The number of aliphatic hydroxyl groups excluding tert-OH is 1. The van der Waals surface area contributed by atoms with Crippen LogP contribution in [0, 0.1) is 58.4 Å². The number of nitrogens with zero attached hydrogens (tertiary/aromatic N) is 1. The molecule has 0 saturated heterocycles. The summed E-state index contributed by atoms with van der Waals surface area (Å²) < 4.78 is 1.26. The Labute approximate surface area is 329 Å². The Balaban J connectivity index is 0.000000374. The van der Waals surface area contributed by atoms with Crippen LogP contribution in [0.3, 0.4) is 0 Å². The third-order valence-electron chi connectivity index (χ3n) is 9.85. The average molecular weight is 899 g/mol. The Morgan fingerprint density at radius 1 is 0.804 bits per heavy atom. The summed E-state index contributed by atoms with van der Waals surface area (Å²) in [7, 11) is 0. The summed E-state index contributed by atoms with van der Waals surface area (Å²) in [6.45, 7) is 23.7. The van der Waals surface area contributed by atoms with E-state index in [4.69, 9.17) is 4.98 Å². The molecule has 51 heavy (non-hydrogen) atoms. The van der Waals surface area contributed by atoms with Crippen LogP contribution in [-0.2, 0) is 31.3 Å². The summed E-state index contributed by atoms with van der Waals surface area (Å²) in [6.07, 6.45) is 7.98. The van der Waals surface area contributed by atoms with Crippen molar-refractivity contribution in [2.24, 2.45) is 17.8 Å². The second-order valence-electron chi connectivity index (χ2n) is 14.2. The number of aromatic nitrogens is 1. The molecule has 0 bridgehead atoms. The number of ketones is 1. The van der Waals surface area contributed by atoms with Crippen LogP contribution in [0.2, 0.25) is 0 Å². The number of aryl methyl sites for hydroxylation is 3. The second-order valence-corrected chi connectivity index (χ2v) is 16.2. The maximum Gasteiger partial charge on any atom is 0.162 e. The topological polar surface area (TPSA) is 50.2 Å². The van der Waals surface area contributed by atoms with E-state index in [1.807, 2.05) is 56.6 Å². The Bertz CT molecular complexity index is 1920. The van der Waals surface area contributed by atoms with Crippen molar-refractivity contribution in [1.29, 1.82) is 0 Å². The average Bonchev–Trinajstić information content (AvgIpc) is 3.56. The summed E-state index contributed by atoms with van der Waals surface area (Å²) in [6, 6.07) is 19.3. The molecule has 5 rings (SSSR count). The van der Waals surface area contributed by atoms with Crippen molar-refractivity contribution < 1.29 is 30.0 Å². The molecule has 3 nitrogen and oxygen atoms in total. The molecule has 275 valence electrons. The molecule has 0 atom stereocenters. The summed E-state index contributed by atoms with van der Waals surface area (Å²) in [4.78, 5) is 20.7. The van der Waals surface area contributed by atoms with E-state index in [-0.39, 0.29) is 43.5 Å². The van der Waals surface area contributed by atoms with Gasteiger partial charge in [-0.05, 0) is 98.1 Å². The van der Waals surface area contributed by atoms with E-state index in [0.717, 1.165) is 48.9 Å². The fraction of sp³-hybridized carbons (Fsp3) is 0.422. The number of benzene rings is 2. The first-order chi connectivity index (χ1) is 23.8. The molecule has 1 radical (unpaired) electrons. The summed E-state index contributed by atoms with van der Waals surface area (Å²) in [5.41, 5.74) is 11.4. The maximum atomic E-state index is 11.7. The molecule has 1 N–H and O–H groups in total. The first-order valence-corrected chi connectivity index (χ1v) is 20.0. The fourth-order valence-corrected chi connectivity index (χ4v) is 9.58. The molecule has 3 heterocycles. The maximum absolute atomic E-state index is 11.7. The molecule has 2 aromatic carbocycles. The van der Waals surface area contributed by atoms with Gasteiger partial charge in [-0.1, -0.05) is 79.7 Å². The van der Waals surface area contributed by atoms with Crippen LogP contribution in [0.25, 0.3) is 41.5 Å². The molecule has 0 unspecified atom stereocenters. The van der Waals surface area contributed by atoms with Gasteiger partial charge in [-0.2, -0.15) is 0 Å². The number of allylic oxidation sites excluding steroid dienone is 2. The van der Waals surface area contributed by atoms with Crippen LogP contribution in [0.5, 0.6) is 0 Å². The molecule has 0 fully saturated rings. The van der Waals surface area contributed by atoms with Crippen molar-refractivity contribution >= 4 is 38.5 Å². The van der Waals surface area contributed by atoms with Gasteiger partial charge in [0.15, 0.2) is 5.78 Å². The van der Waals surface area contributed by atoms with Crippen LogP contribution < -0.4 is 0 Å².